The molecule has 1 N–H and O–H groups in total. The predicted octanol–water partition coefficient (Wildman–Crippen LogP) is 2.42. The van der Waals surface area contributed by atoms with Gasteiger partial charge in [-0.05, 0) is 25.1 Å². The van der Waals surface area contributed by atoms with E-state index in [1.807, 2.05) is 66.3 Å². The van der Waals surface area contributed by atoms with Gasteiger partial charge in [0.1, 0.15) is 17.7 Å². The molecule has 1 aromatic carbocycles. The minimum atomic E-state index is -0.204. The van der Waals surface area contributed by atoms with E-state index >= 15 is 0 Å². The molecule has 0 fully saturated rings. The second kappa shape index (κ2) is 5.65. The van der Waals surface area contributed by atoms with E-state index in [0.717, 1.165) is 11.5 Å². The number of hydrazine groups is 1. The Morgan fingerprint density at radius 1 is 1.27 bits per heavy atom. The average molecular weight is 297 g/mol. The van der Waals surface area contributed by atoms with E-state index in [1.165, 1.54) is 0 Å². The van der Waals surface area contributed by atoms with E-state index in [4.69, 9.17) is 0 Å². The quantitative estimate of drug-likeness (QED) is 0.945. The van der Waals surface area contributed by atoms with Crippen LogP contribution in [0.2, 0.25) is 0 Å². The van der Waals surface area contributed by atoms with Crippen LogP contribution in [0.3, 0.4) is 0 Å². The van der Waals surface area contributed by atoms with Gasteiger partial charge in [0.2, 0.25) is 0 Å². The number of para-hydroxylation sites is 1. The highest BCUT2D eigenvalue weighted by Gasteiger charge is 2.23. The molecule has 2 aromatic rings. The fourth-order valence-electron chi connectivity index (χ4n) is 2.52. The third kappa shape index (κ3) is 2.60. The molecular weight excluding hydrogens is 278 g/mol. The van der Waals surface area contributed by atoms with Crippen LogP contribution in [-0.2, 0) is 0 Å². The largest absolute Gasteiger partial charge is 0.321 e. The molecule has 0 bridgehead atoms. The lowest BCUT2D eigenvalue weighted by Crippen LogP contribution is -2.38. The van der Waals surface area contributed by atoms with Crippen molar-refractivity contribution in [1.82, 2.24) is 19.6 Å². The first-order chi connectivity index (χ1) is 10.6. The molecule has 1 atom stereocenters. The highest BCUT2D eigenvalue weighted by Crippen LogP contribution is 2.23. The minimum absolute atomic E-state index is 0.0702. The Morgan fingerprint density at radius 3 is 2.68 bits per heavy atom. The molecule has 1 aliphatic rings. The maximum absolute atomic E-state index is 12.3. The summed E-state index contributed by atoms with van der Waals surface area (Å²) in [5.74, 6) is 0.578. The van der Waals surface area contributed by atoms with Gasteiger partial charge in [0, 0.05) is 32.2 Å². The lowest BCUT2D eigenvalue weighted by Gasteiger charge is -2.36. The molecule has 0 aliphatic carbocycles. The zero-order valence-electron chi connectivity index (χ0n) is 12.9. The van der Waals surface area contributed by atoms with Crippen molar-refractivity contribution >= 4 is 17.7 Å². The number of benzene rings is 1. The number of anilines is 1. The summed E-state index contributed by atoms with van der Waals surface area (Å²) < 4.78 is 1.99. The van der Waals surface area contributed by atoms with Gasteiger partial charge < -0.3 is 9.88 Å². The predicted molar refractivity (Wildman–Crippen MR) is 85.9 cm³/mol. The number of fused-ring (bicyclic) bond motifs is 1. The summed E-state index contributed by atoms with van der Waals surface area (Å²) in [5.41, 5.74) is 1.17. The number of carbonyl (C=O) groups is 1. The maximum atomic E-state index is 12.3. The Kier molecular flexibility index (Phi) is 3.68. The lowest BCUT2D eigenvalue weighted by atomic mass is 10.3. The van der Waals surface area contributed by atoms with Crippen LogP contribution in [0.25, 0.3) is 6.08 Å². The first-order valence-electron chi connectivity index (χ1n) is 7.15. The Balaban J connectivity index is 1.82. The van der Waals surface area contributed by atoms with Crippen LogP contribution in [-0.4, -0.2) is 39.6 Å². The van der Waals surface area contributed by atoms with E-state index in [-0.39, 0.29) is 12.1 Å². The fourth-order valence-corrected chi connectivity index (χ4v) is 2.52. The van der Waals surface area contributed by atoms with Crippen molar-refractivity contribution in [2.45, 2.75) is 13.1 Å². The van der Waals surface area contributed by atoms with Gasteiger partial charge >= 0.3 is 0 Å². The molecule has 0 spiro atoms. The van der Waals surface area contributed by atoms with Gasteiger partial charge in [0.25, 0.3) is 5.91 Å². The molecule has 1 aliphatic heterocycles. The highest BCUT2D eigenvalue weighted by atomic mass is 16.1. The first-order valence-corrected chi connectivity index (χ1v) is 7.15. The molecule has 0 saturated carbocycles. The number of amides is 1. The third-order valence-electron chi connectivity index (χ3n) is 3.65. The second-order valence-corrected chi connectivity index (χ2v) is 5.39. The van der Waals surface area contributed by atoms with Crippen molar-refractivity contribution < 1.29 is 4.79 Å². The summed E-state index contributed by atoms with van der Waals surface area (Å²) in [6.07, 6.45) is 5.73. The molecule has 22 heavy (non-hydrogen) atoms. The summed E-state index contributed by atoms with van der Waals surface area (Å²) in [5, 5.41) is 6.91. The molecular formula is C16H19N5O. The number of hydrogen-bond donors (Lipinski definition) is 1. The van der Waals surface area contributed by atoms with Crippen LogP contribution in [0.1, 0.15) is 29.4 Å². The molecule has 0 saturated heterocycles. The molecule has 6 nitrogen and oxygen atoms in total. The Hall–Kier alpha value is -2.60. The van der Waals surface area contributed by atoms with Crippen molar-refractivity contribution in [2.24, 2.45) is 0 Å². The standard InChI is InChI=1S/C16H19N5O/c1-12-20-11-14(16(22)17-13-7-5-4-6-8-13)18-15(20)9-10-21(12)19(2)3/h4-12H,1-3H3,(H,17,22). The summed E-state index contributed by atoms with van der Waals surface area (Å²) in [4.78, 5) is 16.7. The van der Waals surface area contributed by atoms with Crippen LogP contribution in [0.15, 0.2) is 42.7 Å². The van der Waals surface area contributed by atoms with Gasteiger partial charge in [0.05, 0.1) is 0 Å². The van der Waals surface area contributed by atoms with Crippen molar-refractivity contribution in [2.75, 3.05) is 19.4 Å². The minimum Gasteiger partial charge on any atom is -0.321 e. The van der Waals surface area contributed by atoms with Gasteiger partial charge in [-0.3, -0.25) is 9.80 Å². The van der Waals surface area contributed by atoms with Crippen molar-refractivity contribution in [3.8, 4) is 0 Å². The molecule has 3 rings (SSSR count). The van der Waals surface area contributed by atoms with E-state index in [1.54, 1.807) is 6.20 Å². The van der Waals surface area contributed by atoms with Gasteiger partial charge in [-0.2, -0.15) is 0 Å². The average Bonchev–Trinajstić information content (AvgIpc) is 2.93. The van der Waals surface area contributed by atoms with E-state index in [0.29, 0.717) is 5.69 Å². The summed E-state index contributed by atoms with van der Waals surface area (Å²) in [6, 6.07) is 9.38. The van der Waals surface area contributed by atoms with Gasteiger partial charge in [0.15, 0.2) is 0 Å². The van der Waals surface area contributed by atoms with Crippen molar-refractivity contribution in [3.05, 3.63) is 54.2 Å². The van der Waals surface area contributed by atoms with E-state index < -0.39 is 0 Å². The SMILES string of the molecule is CC1N(N(C)C)C=Cc2nc(C(=O)Nc3ccccc3)cn21. The summed E-state index contributed by atoms with van der Waals surface area (Å²) >= 11 is 0. The Labute approximate surface area is 129 Å². The van der Waals surface area contributed by atoms with Crippen LogP contribution < -0.4 is 5.32 Å². The smallest absolute Gasteiger partial charge is 0.275 e. The topological polar surface area (TPSA) is 53.4 Å². The summed E-state index contributed by atoms with van der Waals surface area (Å²) in [7, 11) is 3.96. The number of imidazole rings is 1. The van der Waals surface area contributed by atoms with E-state index in [9.17, 15) is 4.79 Å². The van der Waals surface area contributed by atoms with Crippen LogP contribution in [0.5, 0.6) is 0 Å². The monoisotopic (exact) mass is 297 g/mol. The van der Waals surface area contributed by atoms with E-state index in [2.05, 4.69) is 22.2 Å². The van der Waals surface area contributed by atoms with Crippen molar-refractivity contribution in [3.63, 3.8) is 0 Å². The summed E-state index contributed by atoms with van der Waals surface area (Å²) in [6.45, 7) is 2.06. The Morgan fingerprint density at radius 2 is 2.00 bits per heavy atom. The first kappa shape index (κ1) is 14.3. The van der Waals surface area contributed by atoms with Gasteiger partial charge in [-0.15, -0.1) is 0 Å². The number of nitrogens with one attached hydrogen (secondary N) is 1. The van der Waals surface area contributed by atoms with Crippen LogP contribution in [0.4, 0.5) is 5.69 Å². The zero-order chi connectivity index (χ0) is 15.7. The highest BCUT2D eigenvalue weighted by molar-refractivity contribution is 6.02. The molecule has 6 heteroatoms. The molecule has 1 unspecified atom stereocenters. The molecule has 0 radical (unpaired) electrons. The molecule has 114 valence electrons. The number of aromatic nitrogens is 2. The molecule has 1 amide bonds. The van der Waals surface area contributed by atoms with Crippen LogP contribution in [0, 0.1) is 0 Å². The molecule has 1 aromatic heterocycles. The third-order valence-corrected chi connectivity index (χ3v) is 3.65. The second-order valence-electron chi connectivity index (χ2n) is 5.39. The normalized spacial score (nSPS) is 16.7. The van der Waals surface area contributed by atoms with Crippen molar-refractivity contribution in [1.29, 1.82) is 0 Å². The molecule has 2 heterocycles. The number of nitrogens with zero attached hydrogens (tertiary/aromatic N) is 4. The lowest BCUT2D eigenvalue weighted by molar-refractivity contribution is 0.00771. The number of rotatable bonds is 3. The number of carbonyl (C=O) groups excluding carboxylic acids is 1. The maximum Gasteiger partial charge on any atom is 0.275 e. The van der Waals surface area contributed by atoms with Crippen LogP contribution >= 0.6 is 0 Å². The Bertz CT molecular complexity index is 705. The zero-order valence-corrected chi connectivity index (χ0v) is 12.9. The number of hydrogen-bond acceptors (Lipinski definition) is 4. The van der Waals surface area contributed by atoms with Gasteiger partial charge in [-0.1, -0.05) is 18.2 Å². The van der Waals surface area contributed by atoms with Gasteiger partial charge in [-0.25, -0.2) is 9.99 Å². The fraction of sp³-hybridized carbons (Fsp3) is 0.250.